The number of hydrogen-bond acceptors (Lipinski definition) is 6. The number of rotatable bonds is 3. The molecule has 116 valence electrons. The summed E-state index contributed by atoms with van der Waals surface area (Å²) in [5.41, 5.74) is -1.20. The Morgan fingerprint density at radius 3 is 2.55 bits per heavy atom. The Bertz CT molecular complexity index is 641. The van der Waals surface area contributed by atoms with Crippen LogP contribution in [0.5, 0.6) is 0 Å². The summed E-state index contributed by atoms with van der Waals surface area (Å²) in [6.45, 7) is 4.95. The third-order valence-electron chi connectivity index (χ3n) is 3.82. The normalized spacial score (nSPS) is 18.0. The summed E-state index contributed by atoms with van der Waals surface area (Å²) >= 11 is 0. The van der Waals surface area contributed by atoms with Crippen molar-refractivity contribution in [2.45, 2.75) is 12.5 Å². The Labute approximate surface area is 128 Å². The van der Waals surface area contributed by atoms with Gasteiger partial charge in [-0.1, -0.05) is 0 Å². The third kappa shape index (κ3) is 2.77. The summed E-state index contributed by atoms with van der Waals surface area (Å²) in [6, 6.07) is 2.76. The van der Waals surface area contributed by atoms with Crippen molar-refractivity contribution >= 4 is 5.95 Å². The molecular formula is C15H18FN5O. The molecule has 1 aliphatic heterocycles. The number of aliphatic hydroxyl groups is 1. The molecule has 1 aliphatic rings. The van der Waals surface area contributed by atoms with Gasteiger partial charge in [0.2, 0.25) is 5.95 Å². The van der Waals surface area contributed by atoms with Gasteiger partial charge >= 0.3 is 0 Å². The van der Waals surface area contributed by atoms with Crippen LogP contribution in [-0.2, 0) is 5.60 Å². The second-order valence-electron chi connectivity index (χ2n) is 5.41. The number of piperazine rings is 1. The number of nitrogens with zero attached hydrogens (tertiary/aromatic N) is 4. The van der Waals surface area contributed by atoms with E-state index in [4.69, 9.17) is 0 Å². The molecule has 2 N–H and O–H groups in total. The molecule has 0 aromatic carbocycles. The molecule has 22 heavy (non-hydrogen) atoms. The molecule has 3 heterocycles. The van der Waals surface area contributed by atoms with Crippen LogP contribution in [0.25, 0.3) is 0 Å². The molecule has 2 aromatic heterocycles. The van der Waals surface area contributed by atoms with Crippen molar-refractivity contribution in [3.63, 3.8) is 0 Å². The third-order valence-corrected chi connectivity index (χ3v) is 3.82. The topological polar surface area (TPSA) is 74.2 Å². The molecule has 0 unspecified atom stereocenters. The molecule has 0 saturated carbocycles. The van der Waals surface area contributed by atoms with E-state index in [-0.39, 0.29) is 5.69 Å². The summed E-state index contributed by atoms with van der Waals surface area (Å²) < 4.78 is 13.9. The van der Waals surface area contributed by atoms with Crippen LogP contribution < -0.4 is 10.2 Å². The molecule has 0 bridgehead atoms. The molecule has 6 nitrogen and oxygen atoms in total. The van der Waals surface area contributed by atoms with Crippen LogP contribution in [0.2, 0.25) is 0 Å². The lowest BCUT2D eigenvalue weighted by atomic mass is 9.94. The van der Waals surface area contributed by atoms with Crippen LogP contribution in [-0.4, -0.2) is 46.2 Å². The van der Waals surface area contributed by atoms with Crippen molar-refractivity contribution < 1.29 is 9.50 Å². The van der Waals surface area contributed by atoms with Crippen molar-refractivity contribution in [1.29, 1.82) is 0 Å². The van der Waals surface area contributed by atoms with Gasteiger partial charge in [-0.15, -0.1) is 0 Å². The van der Waals surface area contributed by atoms with Gasteiger partial charge in [-0.25, -0.2) is 14.4 Å². The van der Waals surface area contributed by atoms with E-state index in [0.29, 0.717) is 11.5 Å². The molecule has 1 atom stereocenters. The van der Waals surface area contributed by atoms with E-state index in [1.54, 1.807) is 0 Å². The summed E-state index contributed by atoms with van der Waals surface area (Å²) in [7, 11) is 0. The number of aromatic nitrogens is 3. The highest BCUT2D eigenvalue weighted by atomic mass is 19.1. The van der Waals surface area contributed by atoms with Crippen molar-refractivity contribution in [3.8, 4) is 0 Å². The minimum absolute atomic E-state index is 0.0338. The van der Waals surface area contributed by atoms with Crippen LogP contribution >= 0.6 is 0 Å². The molecule has 0 radical (unpaired) electrons. The molecule has 0 aliphatic carbocycles. The number of pyridine rings is 1. The van der Waals surface area contributed by atoms with Crippen LogP contribution in [0, 0.1) is 5.82 Å². The second-order valence-corrected chi connectivity index (χ2v) is 5.41. The highest BCUT2D eigenvalue weighted by molar-refractivity contribution is 5.34. The maximum atomic E-state index is 13.9. The highest BCUT2D eigenvalue weighted by Gasteiger charge is 2.31. The zero-order chi connectivity index (χ0) is 15.6. The average Bonchev–Trinajstić information content (AvgIpc) is 2.56. The minimum Gasteiger partial charge on any atom is -0.379 e. The van der Waals surface area contributed by atoms with Crippen LogP contribution in [0.1, 0.15) is 18.2 Å². The Morgan fingerprint density at radius 2 is 1.91 bits per heavy atom. The van der Waals surface area contributed by atoms with Gasteiger partial charge in [0, 0.05) is 50.3 Å². The summed E-state index contributed by atoms with van der Waals surface area (Å²) in [5, 5.41) is 13.9. The van der Waals surface area contributed by atoms with Crippen molar-refractivity contribution in [2.75, 3.05) is 31.1 Å². The van der Waals surface area contributed by atoms with Gasteiger partial charge in [0.1, 0.15) is 17.1 Å². The van der Waals surface area contributed by atoms with Gasteiger partial charge in [0.15, 0.2) is 0 Å². The van der Waals surface area contributed by atoms with Gasteiger partial charge in [-0.2, -0.15) is 0 Å². The first-order valence-corrected chi connectivity index (χ1v) is 7.20. The minimum atomic E-state index is -1.58. The lowest BCUT2D eigenvalue weighted by Gasteiger charge is -2.28. The molecule has 3 rings (SSSR count). The first kappa shape index (κ1) is 14.8. The smallest absolute Gasteiger partial charge is 0.225 e. The van der Waals surface area contributed by atoms with E-state index in [0.717, 1.165) is 26.2 Å². The van der Waals surface area contributed by atoms with Gasteiger partial charge in [0.25, 0.3) is 0 Å². The molecule has 1 fully saturated rings. The van der Waals surface area contributed by atoms with Crippen LogP contribution in [0.3, 0.4) is 0 Å². The zero-order valence-electron chi connectivity index (χ0n) is 12.3. The van der Waals surface area contributed by atoms with E-state index >= 15 is 0 Å². The highest BCUT2D eigenvalue weighted by Crippen LogP contribution is 2.28. The van der Waals surface area contributed by atoms with Gasteiger partial charge in [-0.05, 0) is 19.1 Å². The first-order valence-electron chi connectivity index (χ1n) is 7.20. The Balaban J connectivity index is 1.87. The predicted octanol–water partition coefficient (Wildman–Crippen LogP) is 0.676. The van der Waals surface area contributed by atoms with Crippen molar-refractivity contribution in [3.05, 3.63) is 47.8 Å². The molecule has 1 saturated heterocycles. The lowest BCUT2D eigenvalue weighted by molar-refractivity contribution is 0.0920. The standard InChI is InChI=1S/C15H18FN5O/c1-15(22,13-12(16)3-2-4-18-13)11-9-19-14(20-10-11)21-7-5-17-6-8-21/h2-4,9-10,17,22H,5-8H2,1H3/t15-/m1/s1. The maximum absolute atomic E-state index is 13.9. The largest absolute Gasteiger partial charge is 0.379 e. The van der Waals surface area contributed by atoms with Crippen LogP contribution in [0.4, 0.5) is 10.3 Å². The number of hydrogen-bond donors (Lipinski definition) is 2. The Kier molecular flexibility index (Phi) is 4.00. The summed E-state index contributed by atoms with van der Waals surface area (Å²) in [5.74, 6) is 0.0567. The Morgan fingerprint density at radius 1 is 1.23 bits per heavy atom. The number of nitrogens with one attached hydrogen (secondary N) is 1. The Hall–Kier alpha value is -2.12. The van der Waals surface area contributed by atoms with E-state index in [2.05, 4.69) is 25.2 Å². The fourth-order valence-corrected chi connectivity index (χ4v) is 2.48. The molecule has 7 heteroatoms. The maximum Gasteiger partial charge on any atom is 0.225 e. The van der Waals surface area contributed by atoms with E-state index < -0.39 is 11.4 Å². The van der Waals surface area contributed by atoms with E-state index in [1.807, 2.05) is 0 Å². The molecular weight excluding hydrogens is 285 g/mol. The van der Waals surface area contributed by atoms with Gasteiger partial charge in [0.05, 0.1) is 0 Å². The molecule has 2 aromatic rings. The van der Waals surface area contributed by atoms with E-state index in [1.165, 1.54) is 37.6 Å². The SMILES string of the molecule is C[C@@](O)(c1cnc(N2CCNCC2)nc1)c1ncccc1F. The number of anilines is 1. The lowest BCUT2D eigenvalue weighted by Crippen LogP contribution is -2.44. The van der Waals surface area contributed by atoms with Gasteiger partial charge in [-0.3, -0.25) is 4.98 Å². The summed E-state index contributed by atoms with van der Waals surface area (Å²) in [6.07, 6.45) is 4.50. The van der Waals surface area contributed by atoms with E-state index in [9.17, 15) is 9.50 Å². The molecule has 0 amide bonds. The summed E-state index contributed by atoms with van der Waals surface area (Å²) in [4.78, 5) is 14.6. The fraction of sp³-hybridized carbons (Fsp3) is 0.400. The predicted molar refractivity (Wildman–Crippen MR) is 80.0 cm³/mol. The van der Waals surface area contributed by atoms with Crippen molar-refractivity contribution in [2.24, 2.45) is 0 Å². The molecule has 0 spiro atoms. The average molecular weight is 303 g/mol. The number of halogens is 1. The van der Waals surface area contributed by atoms with Crippen LogP contribution in [0.15, 0.2) is 30.7 Å². The fourth-order valence-electron chi connectivity index (χ4n) is 2.48. The zero-order valence-corrected chi connectivity index (χ0v) is 12.3. The van der Waals surface area contributed by atoms with Gasteiger partial charge < -0.3 is 15.3 Å². The quantitative estimate of drug-likeness (QED) is 0.868. The first-order chi connectivity index (χ1) is 10.6. The second kappa shape index (κ2) is 5.94. The monoisotopic (exact) mass is 303 g/mol. The van der Waals surface area contributed by atoms with Crippen molar-refractivity contribution in [1.82, 2.24) is 20.3 Å².